The van der Waals surface area contributed by atoms with Gasteiger partial charge in [-0.3, -0.25) is 10.2 Å². The normalized spacial score (nSPS) is 17.3. The van der Waals surface area contributed by atoms with Gasteiger partial charge in [0.1, 0.15) is 36.3 Å². The maximum absolute atomic E-state index is 11.1. The Morgan fingerprint density at radius 1 is 1.03 bits per heavy atom. The Balaban J connectivity index is 1.34. The van der Waals surface area contributed by atoms with Crippen LogP contribution in [-0.4, -0.2) is 23.7 Å². The summed E-state index contributed by atoms with van der Waals surface area (Å²) in [5.41, 5.74) is 3.19. The molecule has 0 aromatic heterocycles. The molecule has 2 aliphatic rings. The van der Waals surface area contributed by atoms with E-state index in [9.17, 15) is 9.90 Å². The summed E-state index contributed by atoms with van der Waals surface area (Å²) >= 11 is 19.3. The zero-order valence-corrected chi connectivity index (χ0v) is 22.0. The van der Waals surface area contributed by atoms with E-state index in [1.54, 1.807) is 42.5 Å². The van der Waals surface area contributed by atoms with Crippen LogP contribution < -0.4 is 9.47 Å². The molecule has 1 aliphatic heterocycles. The van der Waals surface area contributed by atoms with Crippen LogP contribution in [0.25, 0.3) is 0 Å². The zero-order chi connectivity index (χ0) is 26.1. The first-order valence-electron chi connectivity index (χ1n) is 12.0. The second-order valence-corrected chi connectivity index (χ2v) is 10.4. The molecule has 0 radical (unpaired) electrons. The van der Waals surface area contributed by atoms with Gasteiger partial charge in [0.15, 0.2) is 0 Å². The summed E-state index contributed by atoms with van der Waals surface area (Å²) < 4.78 is 12.2. The van der Waals surface area contributed by atoms with Gasteiger partial charge in [-0.2, -0.15) is 0 Å². The van der Waals surface area contributed by atoms with Crippen molar-refractivity contribution in [2.75, 3.05) is 6.61 Å². The van der Waals surface area contributed by atoms with Gasteiger partial charge in [-0.1, -0.05) is 59.1 Å². The number of carbonyl (C=O) groups is 1. The Kier molecular flexibility index (Phi) is 7.47. The highest BCUT2D eigenvalue weighted by molar-refractivity contribution is 6.41. The minimum atomic E-state index is -0.249. The van der Waals surface area contributed by atoms with Gasteiger partial charge in [0.05, 0.1) is 26.4 Å². The van der Waals surface area contributed by atoms with E-state index in [2.05, 4.69) is 0 Å². The predicted octanol–water partition coefficient (Wildman–Crippen LogP) is 8.19. The summed E-state index contributed by atoms with van der Waals surface area (Å²) in [6.07, 6.45) is 3.84. The van der Waals surface area contributed by atoms with Crippen LogP contribution in [0.3, 0.4) is 0 Å². The number of benzene rings is 3. The van der Waals surface area contributed by atoms with E-state index in [0.29, 0.717) is 43.3 Å². The number of aldehydes is 1. The van der Waals surface area contributed by atoms with E-state index < -0.39 is 0 Å². The van der Waals surface area contributed by atoms with E-state index in [-0.39, 0.29) is 30.1 Å². The second-order valence-electron chi connectivity index (χ2n) is 9.21. The second kappa shape index (κ2) is 10.8. The molecule has 3 aromatic carbocycles. The van der Waals surface area contributed by atoms with Crippen molar-refractivity contribution in [3.8, 4) is 11.5 Å². The Bertz CT molecular complexity index is 1390. The van der Waals surface area contributed by atoms with Crippen molar-refractivity contribution in [1.29, 1.82) is 5.41 Å². The standard InChI is InChI=1S/C29H24Cl3NO4/c30-22-2-1-3-23(31)27(22)28(33)21(29(35)18-6-7-18)15-36-19-9-10-20(24(32)13-19)25-11-8-17-5-4-16(14-34)12-26(17)37-25/h1-5,9-10,12-14,18,25,33,35H,6-8,11,15H2/b29-21-,33-28?. The van der Waals surface area contributed by atoms with Crippen molar-refractivity contribution in [1.82, 2.24) is 0 Å². The Morgan fingerprint density at radius 3 is 2.46 bits per heavy atom. The first kappa shape index (κ1) is 25.7. The van der Waals surface area contributed by atoms with Crippen LogP contribution >= 0.6 is 34.8 Å². The molecule has 0 bridgehead atoms. The Hall–Kier alpha value is -2.99. The van der Waals surface area contributed by atoms with Crippen LogP contribution in [0.1, 0.15) is 52.4 Å². The van der Waals surface area contributed by atoms with Gasteiger partial charge in [-0.05, 0) is 61.6 Å². The Morgan fingerprint density at radius 2 is 1.78 bits per heavy atom. The fourth-order valence-electron chi connectivity index (χ4n) is 4.46. The minimum absolute atomic E-state index is 0.0113. The number of hydrogen-bond donors (Lipinski definition) is 2. The number of aryl methyl sites for hydroxylation is 1. The summed E-state index contributed by atoms with van der Waals surface area (Å²) in [5.74, 6) is 1.33. The maximum Gasteiger partial charge on any atom is 0.150 e. The minimum Gasteiger partial charge on any atom is -0.512 e. The number of nitrogens with one attached hydrogen (secondary N) is 1. The third kappa shape index (κ3) is 5.49. The summed E-state index contributed by atoms with van der Waals surface area (Å²) in [6, 6.07) is 15.8. The molecule has 1 fully saturated rings. The van der Waals surface area contributed by atoms with Crippen molar-refractivity contribution >= 4 is 46.8 Å². The summed E-state index contributed by atoms with van der Waals surface area (Å²) in [4.78, 5) is 11.1. The quantitative estimate of drug-likeness (QED) is 0.166. The van der Waals surface area contributed by atoms with Gasteiger partial charge in [-0.25, -0.2) is 0 Å². The number of aliphatic hydroxyl groups is 1. The maximum atomic E-state index is 11.1. The van der Waals surface area contributed by atoms with E-state index in [4.69, 9.17) is 49.7 Å². The third-order valence-electron chi connectivity index (χ3n) is 6.66. The van der Waals surface area contributed by atoms with Gasteiger partial charge >= 0.3 is 0 Å². The van der Waals surface area contributed by atoms with E-state index in [1.165, 1.54) is 0 Å². The largest absolute Gasteiger partial charge is 0.512 e. The number of ether oxygens (including phenoxy) is 2. The molecule has 1 aliphatic carbocycles. The smallest absolute Gasteiger partial charge is 0.150 e. The van der Waals surface area contributed by atoms with Crippen molar-refractivity contribution in [2.45, 2.75) is 31.8 Å². The molecule has 1 unspecified atom stereocenters. The van der Waals surface area contributed by atoms with Crippen LogP contribution in [0.5, 0.6) is 11.5 Å². The van der Waals surface area contributed by atoms with Gasteiger partial charge < -0.3 is 14.6 Å². The molecule has 2 N–H and O–H groups in total. The number of aliphatic hydroxyl groups excluding tert-OH is 1. The average molecular weight is 557 g/mol. The number of halogens is 3. The van der Waals surface area contributed by atoms with Crippen LogP contribution in [0, 0.1) is 11.3 Å². The lowest BCUT2D eigenvalue weighted by molar-refractivity contribution is 0.112. The van der Waals surface area contributed by atoms with Gasteiger partial charge in [0, 0.05) is 22.6 Å². The summed E-state index contributed by atoms with van der Waals surface area (Å²) in [7, 11) is 0. The fourth-order valence-corrected chi connectivity index (χ4v) is 5.34. The SMILES string of the molecule is N=C(/C(COc1ccc(C2CCc3ccc(C=O)cc3O2)c(Cl)c1)=C(\O)C1CC1)c1c(Cl)cccc1Cl. The monoisotopic (exact) mass is 555 g/mol. The number of rotatable bonds is 8. The molecule has 1 heterocycles. The van der Waals surface area contributed by atoms with E-state index >= 15 is 0 Å². The molecule has 37 heavy (non-hydrogen) atoms. The first-order valence-corrected chi connectivity index (χ1v) is 13.1. The molecule has 5 nitrogen and oxygen atoms in total. The average Bonchev–Trinajstić information content (AvgIpc) is 3.74. The molecule has 0 saturated heterocycles. The molecule has 1 atom stereocenters. The number of carbonyl (C=O) groups excluding carboxylic acids is 1. The number of allylic oxidation sites excluding steroid dienone is 1. The van der Waals surface area contributed by atoms with E-state index in [0.717, 1.165) is 43.1 Å². The third-order valence-corrected chi connectivity index (χ3v) is 7.62. The van der Waals surface area contributed by atoms with Crippen LogP contribution in [0.15, 0.2) is 65.9 Å². The summed E-state index contributed by atoms with van der Waals surface area (Å²) in [6.45, 7) is -0.0415. The Labute approximate surface area is 230 Å². The molecule has 0 spiro atoms. The van der Waals surface area contributed by atoms with Crippen LogP contribution in [-0.2, 0) is 6.42 Å². The lowest BCUT2D eigenvalue weighted by Crippen LogP contribution is -2.17. The highest BCUT2D eigenvalue weighted by atomic mass is 35.5. The molecule has 8 heteroatoms. The van der Waals surface area contributed by atoms with Gasteiger partial charge in [-0.15, -0.1) is 0 Å². The predicted molar refractivity (Wildman–Crippen MR) is 146 cm³/mol. The zero-order valence-electron chi connectivity index (χ0n) is 19.8. The first-order chi connectivity index (χ1) is 17.9. The molecule has 5 rings (SSSR count). The van der Waals surface area contributed by atoms with Crippen molar-refractivity contribution in [3.05, 3.63) is 103 Å². The number of hydrogen-bond acceptors (Lipinski definition) is 5. The van der Waals surface area contributed by atoms with Crippen molar-refractivity contribution in [2.24, 2.45) is 5.92 Å². The highest BCUT2D eigenvalue weighted by Crippen LogP contribution is 2.40. The molecular formula is C29H24Cl3NO4. The highest BCUT2D eigenvalue weighted by Gasteiger charge is 2.31. The van der Waals surface area contributed by atoms with Crippen molar-refractivity contribution in [3.63, 3.8) is 0 Å². The van der Waals surface area contributed by atoms with Gasteiger partial charge in [0.2, 0.25) is 0 Å². The molecule has 1 saturated carbocycles. The van der Waals surface area contributed by atoms with Gasteiger partial charge in [0.25, 0.3) is 0 Å². The van der Waals surface area contributed by atoms with Crippen molar-refractivity contribution < 1.29 is 19.4 Å². The molecule has 0 amide bonds. The van der Waals surface area contributed by atoms with E-state index in [1.807, 2.05) is 12.1 Å². The van der Waals surface area contributed by atoms with Crippen LogP contribution in [0.2, 0.25) is 15.1 Å². The molecule has 190 valence electrons. The fraction of sp³-hybridized carbons (Fsp3) is 0.241. The van der Waals surface area contributed by atoms with Crippen LogP contribution in [0.4, 0.5) is 0 Å². The molecule has 3 aromatic rings. The summed E-state index contributed by atoms with van der Waals surface area (Å²) in [5, 5.41) is 20.7. The molecular weight excluding hydrogens is 533 g/mol. The lowest BCUT2D eigenvalue weighted by atomic mass is 9.96. The topological polar surface area (TPSA) is 79.6 Å². The lowest BCUT2D eigenvalue weighted by Gasteiger charge is -2.27. The number of fused-ring (bicyclic) bond motifs is 1.